The van der Waals surface area contributed by atoms with E-state index >= 15 is 0 Å². The van der Waals surface area contributed by atoms with Crippen LogP contribution in [0.25, 0.3) is 22.0 Å². The lowest BCUT2D eigenvalue weighted by Crippen LogP contribution is -2.41. The highest BCUT2D eigenvalue weighted by molar-refractivity contribution is 5.94. The van der Waals surface area contributed by atoms with E-state index in [1.54, 1.807) is 5.56 Å². The second-order valence-electron chi connectivity index (χ2n) is 10.2. The highest BCUT2D eigenvalue weighted by Crippen LogP contribution is 2.57. The second kappa shape index (κ2) is 6.69. The molecule has 0 saturated heterocycles. The van der Waals surface area contributed by atoms with Gasteiger partial charge in [-0.15, -0.1) is 0 Å². The lowest BCUT2D eigenvalue weighted by molar-refractivity contribution is -0.659. The molecule has 3 saturated carbocycles. The molecule has 1 aromatic heterocycles. The van der Waals surface area contributed by atoms with Gasteiger partial charge in [-0.1, -0.05) is 36.8 Å². The van der Waals surface area contributed by atoms with Crippen molar-refractivity contribution >= 4 is 10.8 Å². The Bertz CT molecular complexity index is 1070. The van der Waals surface area contributed by atoms with E-state index in [4.69, 9.17) is 0 Å². The third-order valence-corrected chi connectivity index (χ3v) is 8.55. The van der Waals surface area contributed by atoms with Crippen LogP contribution in [0.15, 0.2) is 54.7 Å². The van der Waals surface area contributed by atoms with Crippen LogP contribution in [0.1, 0.15) is 55.6 Å². The van der Waals surface area contributed by atoms with Gasteiger partial charge in [0, 0.05) is 11.6 Å². The van der Waals surface area contributed by atoms with Crippen molar-refractivity contribution in [2.24, 2.45) is 30.7 Å². The molecule has 0 spiro atoms. The molecule has 0 radical (unpaired) electrons. The van der Waals surface area contributed by atoms with Gasteiger partial charge in [0.25, 0.3) is 0 Å². The van der Waals surface area contributed by atoms with Crippen LogP contribution in [-0.2, 0) is 7.05 Å². The van der Waals surface area contributed by atoms with Crippen LogP contribution < -0.4 is 4.57 Å². The third kappa shape index (κ3) is 2.85. The summed E-state index contributed by atoms with van der Waals surface area (Å²) in [6.07, 6.45) is 11.2. The molecular formula is C28H32N+. The van der Waals surface area contributed by atoms with Gasteiger partial charge in [0.2, 0.25) is 5.69 Å². The van der Waals surface area contributed by atoms with Gasteiger partial charge in [0.15, 0.2) is 6.20 Å². The van der Waals surface area contributed by atoms with Crippen molar-refractivity contribution in [1.29, 1.82) is 0 Å². The molecule has 0 amide bonds. The first-order valence-electron chi connectivity index (χ1n) is 11.7. The lowest BCUT2D eigenvalue weighted by Gasteiger charge is -2.52. The monoisotopic (exact) mass is 382 g/mol. The molecule has 0 N–H and O–H groups in total. The molecule has 5 atom stereocenters. The molecule has 2 aromatic carbocycles. The summed E-state index contributed by atoms with van der Waals surface area (Å²) in [4.78, 5) is 0. The maximum Gasteiger partial charge on any atom is 0.220 e. The molecule has 1 heterocycles. The van der Waals surface area contributed by atoms with Crippen LogP contribution in [0.3, 0.4) is 0 Å². The van der Waals surface area contributed by atoms with E-state index in [1.165, 1.54) is 66.1 Å². The number of pyridine rings is 1. The number of hydrogen-bond acceptors (Lipinski definition) is 0. The second-order valence-corrected chi connectivity index (χ2v) is 10.2. The summed E-state index contributed by atoms with van der Waals surface area (Å²) < 4.78 is 2.29. The predicted octanol–water partition coefficient (Wildman–Crippen LogP) is 6.57. The van der Waals surface area contributed by atoms with E-state index in [1.807, 2.05) is 0 Å². The Balaban J connectivity index is 1.45. The first kappa shape index (κ1) is 17.7. The molecule has 3 aliphatic carbocycles. The van der Waals surface area contributed by atoms with Crippen LogP contribution in [0, 0.1) is 30.6 Å². The fourth-order valence-corrected chi connectivity index (χ4v) is 7.30. The number of aromatic nitrogens is 1. The van der Waals surface area contributed by atoms with E-state index in [2.05, 4.69) is 73.3 Å². The molecule has 3 fully saturated rings. The number of nitrogens with zero attached hydrogens (tertiary/aromatic N) is 1. The Labute approximate surface area is 174 Å². The number of fused-ring (bicyclic) bond motifs is 3. The van der Waals surface area contributed by atoms with Gasteiger partial charge in [-0.2, -0.15) is 0 Å². The average molecular weight is 383 g/mol. The van der Waals surface area contributed by atoms with Crippen molar-refractivity contribution in [2.45, 2.75) is 51.4 Å². The number of aryl methyl sites for hydroxylation is 2. The van der Waals surface area contributed by atoms with Crippen molar-refractivity contribution in [3.05, 3.63) is 65.9 Å². The molecule has 1 nitrogen and oxygen atoms in total. The van der Waals surface area contributed by atoms with E-state index in [9.17, 15) is 0 Å². The molecule has 29 heavy (non-hydrogen) atoms. The van der Waals surface area contributed by atoms with Gasteiger partial charge < -0.3 is 0 Å². The van der Waals surface area contributed by atoms with Crippen LogP contribution in [-0.4, -0.2) is 0 Å². The molecule has 3 aliphatic rings. The summed E-state index contributed by atoms with van der Waals surface area (Å²) in [7, 11) is 2.18. The maximum atomic E-state index is 2.54. The molecular weight excluding hydrogens is 350 g/mol. The first-order chi connectivity index (χ1) is 14.2. The van der Waals surface area contributed by atoms with Gasteiger partial charge >= 0.3 is 0 Å². The van der Waals surface area contributed by atoms with E-state index in [0.717, 1.165) is 29.6 Å². The quantitative estimate of drug-likeness (QED) is 0.441. The Kier molecular flexibility index (Phi) is 4.08. The third-order valence-electron chi connectivity index (χ3n) is 8.55. The fourth-order valence-electron chi connectivity index (χ4n) is 7.30. The predicted molar refractivity (Wildman–Crippen MR) is 120 cm³/mol. The minimum Gasteiger partial charge on any atom is -0.200 e. The number of hydrogen-bond donors (Lipinski definition) is 0. The zero-order valence-electron chi connectivity index (χ0n) is 17.8. The molecule has 5 unspecified atom stereocenters. The average Bonchev–Trinajstić information content (AvgIpc) is 2.72. The van der Waals surface area contributed by atoms with E-state index in [0.29, 0.717) is 0 Å². The first-order valence-corrected chi connectivity index (χ1v) is 11.7. The smallest absolute Gasteiger partial charge is 0.200 e. The van der Waals surface area contributed by atoms with Crippen LogP contribution in [0.2, 0.25) is 0 Å². The zero-order valence-corrected chi connectivity index (χ0v) is 17.8. The minimum absolute atomic E-state index is 0.792. The zero-order chi connectivity index (χ0) is 19.5. The van der Waals surface area contributed by atoms with E-state index < -0.39 is 0 Å². The minimum atomic E-state index is 0.792. The topological polar surface area (TPSA) is 3.88 Å². The van der Waals surface area contributed by atoms with Gasteiger partial charge in [-0.05, 0) is 97.3 Å². The Morgan fingerprint density at radius 1 is 0.862 bits per heavy atom. The largest absolute Gasteiger partial charge is 0.220 e. The van der Waals surface area contributed by atoms with Crippen molar-refractivity contribution in [3.8, 4) is 11.3 Å². The number of benzene rings is 2. The lowest BCUT2D eigenvalue weighted by atomic mass is 9.53. The van der Waals surface area contributed by atoms with Gasteiger partial charge in [-0.3, -0.25) is 0 Å². The van der Waals surface area contributed by atoms with E-state index in [-0.39, 0.29) is 0 Å². The molecule has 3 bridgehead atoms. The van der Waals surface area contributed by atoms with Crippen molar-refractivity contribution < 1.29 is 4.57 Å². The van der Waals surface area contributed by atoms with Crippen molar-refractivity contribution in [3.63, 3.8) is 0 Å². The number of rotatable bonds is 2. The Hall–Kier alpha value is -2.15. The van der Waals surface area contributed by atoms with Crippen LogP contribution in [0.5, 0.6) is 0 Å². The van der Waals surface area contributed by atoms with Crippen LogP contribution >= 0.6 is 0 Å². The highest BCUT2D eigenvalue weighted by Gasteiger charge is 2.45. The normalized spacial score (nSPS) is 30.6. The summed E-state index contributed by atoms with van der Waals surface area (Å²) >= 11 is 0. The maximum absolute atomic E-state index is 2.54. The van der Waals surface area contributed by atoms with Crippen molar-refractivity contribution in [1.82, 2.24) is 0 Å². The van der Waals surface area contributed by atoms with Gasteiger partial charge in [-0.25, -0.2) is 4.57 Å². The highest BCUT2D eigenvalue weighted by atomic mass is 14.9. The molecule has 6 rings (SSSR count). The summed E-state index contributed by atoms with van der Waals surface area (Å²) in [5, 5.41) is 2.79. The standard InChI is InChI=1S/C28H32N/c1-18-5-3-4-6-24(18)28-26-10-8-21(17-22(26)11-12-29(28)2)27-16-20-13-19-7-9-25(27)23(14-19)15-20/h3-6,8,10-12,17,19-20,23,25,27H,7,9,13-16H2,1-2H3/q+1. The molecule has 3 aromatic rings. The molecule has 148 valence electrons. The van der Waals surface area contributed by atoms with Crippen molar-refractivity contribution in [2.75, 3.05) is 0 Å². The summed E-state index contributed by atoms with van der Waals surface area (Å²) in [5.41, 5.74) is 5.64. The summed E-state index contributed by atoms with van der Waals surface area (Å²) in [6.45, 7) is 2.22. The molecule has 0 aliphatic heterocycles. The Morgan fingerprint density at radius 2 is 1.72 bits per heavy atom. The van der Waals surface area contributed by atoms with Gasteiger partial charge in [0.05, 0.1) is 5.39 Å². The van der Waals surface area contributed by atoms with Crippen LogP contribution in [0.4, 0.5) is 0 Å². The Morgan fingerprint density at radius 3 is 2.62 bits per heavy atom. The fraction of sp³-hybridized carbons (Fsp3) is 0.464. The summed E-state index contributed by atoms with van der Waals surface area (Å²) in [5.74, 6) is 4.80. The van der Waals surface area contributed by atoms with Gasteiger partial charge in [0.1, 0.15) is 7.05 Å². The summed E-state index contributed by atoms with van der Waals surface area (Å²) in [6, 6.07) is 18.5. The molecule has 1 heteroatoms. The SMILES string of the molecule is Cc1ccccc1-c1c2ccc(C3CC4CC5CCC3C(C5)C4)cc2cc[n+]1C.